The molecule has 1 rings (SSSR count). The second-order valence-electron chi connectivity index (χ2n) is 3.72. The zero-order chi connectivity index (χ0) is 12.0. The van der Waals surface area contributed by atoms with Gasteiger partial charge in [-0.2, -0.15) is 0 Å². The Morgan fingerprint density at radius 1 is 1.19 bits per heavy atom. The van der Waals surface area contributed by atoms with Crippen molar-refractivity contribution in [2.75, 3.05) is 25.6 Å². The summed E-state index contributed by atoms with van der Waals surface area (Å²) in [6.45, 7) is 5.61. The Hall–Kier alpha value is -0.870. The molecule has 90 valence electrons. The van der Waals surface area contributed by atoms with Crippen molar-refractivity contribution in [3.63, 3.8) is 0 Å². The van der Waals surface area contributed by atoms with Crippen LogP contribution in [0.5, 0.6) is 0 Å². The topological polar surface area (TPSA) is 47.0 Å². The smallest absolute Gasteiger partial charge is 0.155 e. The van der Waals surface area contributed by atoms with Crippen molar-refractivity contribution >= 4 is 17.4 Å². The molecule has 4 nitrogen and oxygen atoms in total. The van der Waals surface area contributed by atoms with Gasteiger partial charge in [0, 0.05) is 20.3 Å². The number of hydrogen-bond donors (Lipinski definition) is 1. The minimum absolute atomic E-state index is 0.474. The van der Waals surface area contributed by atoms with Gasteiger partial charge in [0.1, 0.15) is 0 Å². The van der Waals surface area contributed by atoms with Gasteiger partial charge in [-0.15, -0.1) is 10.2 Å². The molecule has 0 bridgehead atoms. The SMILES string of the molecule is COCCCCNc1nnc(Cl)c(C)c1C. The predicted octanol–water partition coefficient (Wildman–Crippen LogP) is 2.59. The van der Waals surface area contributed by atoms with Gasteiger partial charge in [-0.3, -0.25) is 0 Å². The first-order chi connectivity index (χ1) is 7.66. The van der Waals surface area contributed by atoms with Crippen LogP contribution in [0.4, 0.5) is 5.82 Å². The quantitative estimate of drug-likeness (QED) is 0.781. The van der Waals surface area contributed by atoms with Crippen molar-refractivity contribution in [1.82, 2.24) is 10.2 Å². The normalized spacial score (nSPS) is 10.5. The fourth-order valence-corrected chi connectivity index (χ4v) is 1.50. The monoisotopic (exact) mass is 243 g/mol. The van der Waals surface area contributed by atoms with Crippen LogP contribution in [0.3, 0.4) is 0 Å². The van der Waals surface area contributed by atoms with Gasteiger partial charge in [0.05, 0.1) is 0 Å². The largest absolute Gasteiger partial charge is 0.385 e. The third-order valence-corrected chi connectivity index (χ3v) is 2.89. The first-order valence-corrected chi connectivity index (χ1v) is 5.76. The van der Waals surface area contributed by atoms with E-state index in [0.29, 0.717) is 5.15 Å². The first-order valence-electron chi connectivity index (χ1n) is 5.39. The van der Waals surface area contributed by atoms with E-state index >= 15 is 0 Å². The van der Waals surface area contributed by atoms with Crippen LogP contribution >= 0.6 is 11.6 Å². The Labute approximate surface area is 101 Å². The third kappa shape index (κ3) is 3.61. The summed E-state index contributed by atoms with van der Waals surface area (Å²) in [5.41, 5.74) is 2.04. The molecule has 0 spiro atoms. The molecule has 1 aromatic rings. The van der Waals surface area contributed by atoms with E-state index in [0.717, 1.165) is 42.9 Å². The molecule has 0 amide bonds. The maximum absolute atomic E-state index is 5.87. The average Bonchev–Trinajstić information content (AvgIpc) is 2.28. The lowest BCUT2D eigenvalue weighted by Crippen LogP contribution is -2.08. The van der Waals surface area contributed by atoms with Gasteiger partial charge in [-0.25, -0.2) is 0 Å². The molecule has 0 aliphatic rings. The summed E-state index contributed by atoms with van der Waals surface area (Å²) < 4.78 is 4.98. The Morgan fingerprint density at radius 3 is 2.62 bits per heavy atom. The summed E-state index contributed by atoms with van der Waals surface area (Å²) in [7, 11) is 1.71. The summed E-state index contributed by atoms with van der Waals surface area (Å²) >= 11 is 5.87. The molecule has 0 aliphatic heterocycles. The van der Waals surface area contributed by atoms with E-state index in [1.807, 2.05) is 13.8 Å². The van der Waals surface area contributed by atoms with E-state index in [4.69, 9.17) is 16.3 Å². The predicted molar refractivity (Wildman–Crippen MR) is 66.1 cm³/mol. The molecule has 16 heavy (non-hydrogen) atoms. The van der Waals surface area contributed by atoms with E-state index in [2.05, 4.69) is 15.5 Å². The summed E-state index contributed by atoms with van der Waals surface area (Å²) in [5, 5.41) is 11.6. The number of ether oxygens (including phenoxy) is 1. The second-order valence-corrected chi connectivity index (χ2v) is 4.07. The van der Waals surface area contributed by atoms with Gasteiger partial charge in [0.2, 0.25) is 0 Å². The molecule has 0 aliphatic carbocycles. The van der Waals surface area contributed by atoms with Gasteiger partial charge < -0.3 is 10.1 Å². The zero-order valence-corrected chi connectivity index (χ0v) is 10.8. The minimum atomic E-state index is 0.474. The molecule has 0 fully saturated rings. The Balaban J connectivity index is 2.45. The molecule has 0 unspecified atom stereocenters. The molecule has 5 heteroatoms. The molecular formula is C11H18ClN3O. The molecule has 0 saturated carbocycles. The number of halogens is 1. The van der Waals surface area contributed by atoms with Crippen molar-refractivity contribution in [3.05, 3.63) is 16.3 Å². The van der Waals surface area contributed by atoms with Crippen LogP contribution in [0, 0.1) is 13.8 Å². The van der Waals surface area contributed by atoms with Gasteiger partial charge in [-0.1, -0.05) is 11.6 Å². The number of aromatic nitrogens is 2. The number of hydrogen-bond acceptors (Lipinski definition) is 4. The minimum Gasteiger partial charge on any atom is -0.385 e. The number of nitrogens with one attached hydrogen (secondary N) is 1. The average molecular weight is 244 g/mol. The van der Waals surface area contributed by atoms with E-state index < -0.39 is 0 Å². The lowest BCUT2D eigenvalue weighted by molar-refractivity contribution is 0.194. The molecule has 0 radical (unpaired) electrons. The van der Waals surface area contributed by atoms with E-state index in [1.165, 1.54) is 0 Å². The third-order valence-electron chi connectivity index (χ3n) is 2.53. The van der Waals surface area contributed by atoms with E-state index in [1.54, 1.807) is 7.11 Å². The van der Waals surface area contributed by atoms with Crippen LogP contribution in [0.25, 0.3) is 0 Å². The van der Waals surface area contributed by atoms with Crippen LogP contribution in [-0.4, -0.2) is 30.5 Å². The molecule has 1 aromatic heterocycles. The van der Waals surface area contributed by atoms with E-state index in [-0.39, 0.29) is 0 Å². The van der Waals surface area contributed by atoms with Crippen LogP contribution in [-0.2, 0) is 4.74 Å². The van der Waals surface area contributed by atoms with Gasteiger partial charge in [0.15, 0.2) is 11.0 Å². The van der Waals surface area contributed by atoms with Gasteiger partial charge >= 0.3 is 0 Å². The standard InChI is InChI=1S/C11H18ClN3O/c1-8-9(2)11(15-14-10(8)12)13-6-4-5-7-16-3/h4-7H2,1-3H3,(H,13,15). The van der Waals surface area contributed by atoms with Crippen molar-refractivity contribution < 1.29 is 4.74 Å². The summed E-state index contributed by atoms with van der Waals surface area (Å²) in [4.78, 5) is 0. The van der Waals surface area contributed by atoms with Crippen LogP contribution < -0.4 is 5.32 Å². The zero-order valence-electron chi connectivity index (χ0n) is 10.0. The van der Waals surface area contributed by atoms with E-state index in [9.17, 15) is 0 Å². The number of rotatable bonds is 6. The van der Waals surface area contributed by atoms with Gasteiger partial charge in [0.25, 0.3) is 0 Å². The molecule has 1 N–H and O–H groups in total. The lowest BCUT2D eigenvalue weighted by atomic mass is 10.2. The Morgan fingerprint density at radius 2 is 1.94 bits per heavy atom. The van der Waals surface area contributed by atoms with Crippen LogP contribution in [0.1, 0.15) is 24.0 Å². The number of anilines is 1. The maximum Gasteiger partial charge on any atom is 0.155 e. The first kappa shape index (κ1) is 13.2. The van der Waals surface area contributed by atoms with Crippen molar-refractivity contribution in [3.8, 4) is 0 Å². The highest BCUT2D eigenvalue weighted by Crippen LogP contribution is 2.20. The molecule has 1 heterocycles. The highest BCUT2D eigenvalue weighted by atomic mass is 35.5. The summed E-state index contributed by atoms with van der Waals surface area (Å²) in [6.07, 6.45) is 2.10. The highest BCUT2D eigenvalue weighted by molar-refractivity contribution is 6.30. The molecular weight excluding hydrogens is 226 g/mol. The summed E-state index contributed by atoms with van der Waals surface area (Å²) in [6, 6.07) is 0. The lowest BCUT2D eigenvalue weighted by Gasteiger charge is -2.09. The Bertz CT molecular complexity index is 344. The Kier molecular flexibility index (Phi) is 5.49. The number of nitrogens with zero attached hydrogens (tertiary/aromatic N) is 2. The summed E-state index contributed by atoms with van der Waals surface area (Å²) in [5.74, 6) is 0.819. The molecule has 0 atom stereocenters. The fraction of sp³-hybridized carbons (Fsp3) is 0.636. The number of methoxy groups -OCH3 is 1. The second kappa shape index (κ2) is 6.66. The van der Waals surface area contributed by atoms with Crippen molar-refractivity contribution in [2.24, 2.45) is 0 Å². The van der Waals surface area contributed by atoms with Crippen molar-refractivity contribution in [1.29, 1.82) is 0 Å². The van der Waals surface area contributed by atoms with Gasteiger partial charge in [-0.05, 0) is 37.8 Å². The fourth-order valence-electron chi connectivity index (χ4n) is 1.32. The molecule has 0 saturated heterocycles. The van der Waals surface area contributed by atoms with Crippen molar-refractivity contribution in [2.45, 2.75) is 26.7 Å². The maximum atomic E-state index is 5.87. The number of unbranched alkanes of at least 4 members (excludes halogenated alkanes) is 1. The molecule has 0 aromatic carbocycles. The van der Waals surface area contributed by atoms with Crippen LogP contribution in [0.2, 0.25) is 5.15 Å². The van der Waals surface area contributed by atoms with Crippen LogP contribution in [0.15, 0.2) is 0 Å². The highest BCUT2D eigenvalue weighted by Gasteiger charge is 2.06.